The van der Waals surface area contributed by atoms with Gasteiger partial charge in [0.15, 0.2) is 0 Å². The number of nitrogens with one attached hydrogen (secondary N) is 1. The molecule has 2 aromatic heterocycles. The highest BCUT2D eigenvalue weighted by Crippen LogP contribution is 2.23. The summed E-state index contributed by atoms with van der Waals surface area (Å²) in [4.78, 5) is 17.5. The number of aryl methyl sites for hydroxylation is 1. The molecule has 0 saturated heterocycles. The molecule has 1 N–H and O–H groups in total. The van der Waals surface area contributed by atoms with Crippen molar-refractivity contribution >= 4 is 27.8 Å². The van der Waals surface area contributed by atoms with Gasteiger partial charge in [-0.15, -0.1) is 0 Å². The van der Waals surface area contributed by atoms with Crippen molar-refractivity contribution in [1.82, 2.24) is 19.4 Å². The Morgan fingerprint density at radius 3 is 2.74 bits per heavy atom. The van der Waals surface area contributed by atoms with Gasteiger partial charge in [0.2, 0.25) is 5.91 Å². The number of imidazole rings is 1. The van der Waals surface area contributed by atoms with Crippen LogP contribution in [0.25, 0.3) is 21.9 Å². The summed E-state index contributed by atoms with van der Waals surface area (Å²) in [5, 5.41) is 4.20. The average Bonchev–Trinajstić information content (AvgIpc) is 3.37. The van der Waals surface area contributed by atoms with Gasteiger partial charge >= 0.3 is 0 Å². The molecule has 4 rings (SSSR count). The molecular formula is C24H28N4O3. The van der Waals surface area contributed by atoms with Gasteiger partial charge in [0.1, 0.15) is 11.6 Å². The highest BCUT2D eigenvalue weighted by Gasteiger charge is 2.18. The third kappa shape index (κ3) is 4.41. The van der Waals surface area contributed by atoms with Crippen LogP contribution in [0.1, 0.15) is 25.2 Å². The molecule has 0 spiro atoms. The first kappa shape index (κ1) is 20.9. The molecule has 0 saturated carbocycles. The molecule has 162 valence electrons. The normalized spacial score (nSPS) is 12.4. The van der Waals surface area contributed by atoms with Gasteiger partial charge in [-0.05, 0) is 43.3 Å². The Hall–Kier alpha value is -3.32. The van der Waals surface area contributed by atoms with Crippen LogP contribution >= 0.6 is 0 Å². The van der Waals surface area contributed by atoms with E-state index in [0.29, 0.717) is 26.1 Å². The van der Waals surface area contributed by atoms with E-state index in [2.05, 4.69) is 14.5 Å². The van der Waals surface area contributed by atoms with Crippen molar-refractivity contribution in [3.63, 3.8) is 0 Å². The van der Waals surface area contributed by atoms with Gasteiger partial charge < -0.3 is 23.9 Å². The van der Waals surface area contributed by atoms with E-state index in [1.165, 1.54) is 0 Å². The second-order valence-corrected chi connectivity index (χ2v) is 7.58. The summed E-state index contributed by atoms with van der Waals surface area (Å²) in [6, 6.07) is 15.8. The zero-order chi connectivity index (χ0) is 21.8. The highest BCUT2D eigenvalue weighted by atomic mass is 16.5. The zero-order valence-corrected chi connectivity index (χ0v) is 18.2. The summed E-state index contributed by atoms with van der Waals surface area (Å²) in [6.45, 7) is 3.85. The molecule has 2 aromatic carbocycles. The molecule has 0 radical (unpaired) electrons. The number of carbonyl (C=O) groups excluding carboxylic acids is 1. The number of amides is 1. The van der Waals surface area contributed by atoms with Crippen LogP contribution in [0.2, 0.25) is 0 Å². The number of para-hydroxylation sites is 2. The molecule has 1 atom stereocenters. The van der Waals surface area contributed by atoms with Crippen molar-refractivity contribution in [3.8, 4) is 5.75 Å². The first-order valence-corrected chi connectivity index (χ1v) is 10.5. The minimum atomic E-state index is -0.206. The van der Waals surface area contributed by atoms with Crippen molar-refractivity contribution in [2.75, 3.05) is 20.8 Å². The molecule has 7 heteroatoms. The smallest absolute Gasteiger partial charge is 0.222 e. The van der Waals surface area contributed by atoms with E-state index in [9.17, 15) is 4.79 Å². The predicted octanol–water partition coefficient (Wildman–Crippen LogP) is 3.91. The van der Waals surface area contributed by atoms with Gasteiger partial charge in [0.05, 0.1) is 30.8 Å². The number of rotatable bonds is 9. The molecule has 0 aliphatic carbocycles. The van der Waals surface area contributed by atoms with Crippen LogP contribution in [-0.4, -0.2) is 40.9 Å². The Morgan fingerprint density at radius 2 is 1.94 bits per heavy atom. The topological polar surface area (TPSA) is 70.3 Å². The SMILES string of the molecule is COCCn1c([C@@H](C)NC(=O)CCn2ccc3cc(OC)ccc32)nc2ccccc21. The van der Waals surface area contributed by atoms with Crippen molar-refractivity contribution in [3.05, 3.63) is 60.6 Å². The monoisotopic (exact) mass is 420 g/mol. The van der Waals surface area contributed by atoms with E-state index >= 15 is 0 Å². The number of carbonyl (C=O) groups is 1. The Morgan fingerprint density at radius 1 is 1.10 bits per heavy atom. The molecule has 4 aromatic rings. The van der Waals surface area contributed by atoms with Crippen LogP contribution in [0.15, 0.2) is 54.7 Å². The Bertz CT molecular complexity index is 1190. The van der Waals surface area contributed by atoms with E-state index in [1.54, 1.807) is 14.2 Å². The van der Waals surface area contributed by atoms with Crippen LogP contribution in [0, 0.1) is 0 Å². The van der Waals surface area contributed by atoms with E-state index in [-0.39, 0.29) is 11.9 Å². The number of fused-ring (bicyclic) bond motifs is 2. The van der Waals surface area contributed by atoms with Crippen LogP contribution < -0.4 is 10.1 Å². The number of nitrogens with zero attached hydrogens (tertiary/aromatic N) is 3. The summed E-state index contributed by atoms with van der Waals surface area (Å²) in [6.07, 6.45) is 2.39. The van der Waals surface area contributed by atoms with Gasteiger partial charge in [-0.25, -0.2) is 4.98 Å². The number of ether oxygens (including phenoxy) is 2. The van der Waals surface area contributed by atoms with E-state index in [1.807, 2.05) is 61.7 Å². The van der Waals surface area contributed by atoms with E-state index in [4.69, 9.17) is 14.5 Å². The molecule has 0 fully saturated rings. The lowest BCUT2D eigenvalue weighted by molar-refractivity contribution is -0.122. The van der Waals surface area contributed by atoms with Crippen LogP contribution in [0.3, 0.4) is 0 Å². The molecule has 0 unspecified atom stereocenters. The molecule has 0 aliphatic heterocycles. The summed E-state index contributed by atoms with van der Waals surface area (Å²) in [7, 11) is 3.35. The fourth-order valence-electron chi connectivity index (χ4n) is 3.94. The van der Waals surface area contributed by atoms with Crippen molar-refractivity contribution in [2.24, 2.45) is 0 Å². The maximum atomic E-state index is 12.7. The van der Waals surface area contributed by atoms with E-state index < -0.39 is 0 Å². The van der Waals surface area contributed by atoms with Crippen LogP contribution in [-0.2, 0) is 22.6 Å². The lowest BCUT2D eigenvalue weighted by atomic mass is 10.2. The fraction of sp³-hybridized carbons (Fsp3) is 0.333. The average molecular weight is 421 g/mol. The third-order valence-electron chi connectivity index (χ3n) is 5.53. The molecule has 0 bridgehead atoms. The molecule has 2 heterocycles. The second kappa shape index (κ2) is 9.22. The van der Waals surface area contributed by atoms with Gasteiger partial charge in [-0.2, -0.15) is 0 Å². The second-order valence-electron chi connectivity index (χ2n) is 7.58. The largest absolute Gasteiger partial charge is 0.497 e. The number of hydrogen-bond acceptors (Lipinski definition) is 4. The molecule has 7 nitrogen and oxygen atoms in total. The van der Waals surface area contributed by atoms with Crippen molar-refractivity contribution in [2.45, 2.75) is 32.5 Å². The highest BCUT2D eigenvalue weighted by molar-refractivity contribution is 5.82. The summed E-state index contributed by atoms with van der Waals surface area (Å²) >= 11 is 0. The third-order valence-corrected chi connectivity index (χ3v) is 5.53. The fourth-order valence-corrected chi connectivity index (χ4v) is 3.94. The van der Waals surface area contributed by atoms with Gasteiger partial charge in [0, 0.05) is 43.7 Å². The van der Waals surface area contributed by atoms with Gasteiger partial charge in [-0.1, -0.05) is 12.1 Å². The summed E-state index contributed by atoms with van der Waals surface area (Å²) in [5.74, 6) is 1.66. The van der Waals surface area contributed by atoms with Crippen molar-refractivity contribution in [1.29, 1.82) is 0 Å². The Balaban J connectivity index is 1.44. The Kier molecular flexibility index (Phi) is 6.23. The number of methoxy groups -OCH3 is 2. The number of hydrogen-bond donors (Lipinski definition) is 1. The van der Waals surface area contributed by atoms with E-state index in [0.717, 1.165) is 33.5 Å². The zero-order valence-electron chi connectivity index (χ0n) is 18.2. The van der Waals surface area contributed by atoms with Crippen molar-refractivity contribution < 1.29 is 14.3 Å². The first-order chi connectivity index (χ1) is 15.1. The lowest BCUT2D eigenvalue weighted by Crippen LogP contribution is -2.29. The minimum absolute atomic E-state index is 0.00629. The van der Waals surface area contributed by atoms with Crippen LogP contribution in [0.4, 0.5) is 0 Å². The lowest BCUT2D eigenvalue weighted by Gasteiger charge is -2.16. The molecule has 1 amide bonds. The standard InChI is InChI=1S/C24H28N4O3/c1-17(24-26-20-6-4-5-7-22(20)28(24)14-15-30-2)25-23(29)11-13-27-12-10-18-16-19(31-3)8-9-21(18)27/h4-10,12,16-17H,11,13-15H2,1-3H3,(H,25,29)/t17-/m1/s1. The van der Waals surface area contributed by atoms with Gasteiger partial charge in [-0.3, -0.25) is 4.79 Å². The van der Waals surface area contributed by atoms with Gasteiger partial charge in [0.25, 0.3) is 0 Å². The Labute approximate surface area is 181 Å². The summed E-state index contributed by atoms with van der Waals surface area (Å²) in [5.41, 5.74) is 3.05. The number of aromatic nitrogens is 3. The molecule has 0 aliphatic rings. The number of benzene rings is 2. The molecule has 31 heavy (non-hydrogen) atoms. The quantitative estimate of drug-likeness (QED) is 0.446. The molecular weight excluding hydrogens is 392 g/mol. The maximum Gasteiger partial charge on any atom is 0.222 e. The summed E-state index contributed by atoms with van der Waals surface area (Å²) < 4.78 is 14.8. The minimum Gasteiger partial charge on any atom is -0.497 e. The first-order valence-electron chi connectivity index (χ1n) is 10.5. The van der Waals surface area contributed by atoms with Crippen LogP contribution in [0.5, 0.6) is 5.75 Å². The predicted molar refractivity (Wildman–Crippen MR) is 121 cm³/mol. The maximum absolute atomic E-state index is 12.7.